The van der Waals surface area contributed by atoms with E-state index in [0.717, 1.165) is 12.8 Å². The van der Waals surface area contributed by atoms with Crippen molar-refractivity contribution < 1.29 is 30.6 Å². The van der Waals surface area contributed by atoms with Crippen molar-refractivity contribution in [3.8, 4) is 23.0 Å². The molecule has 0 radical (unpaired) electrons. The van der Waals surface area contributed by atoms with Gasteiger partial charge in [-0.05, 0) is 30.5 Å². The molecule has 1 aliphatic heterocycles. The number of imidazole rings is 1. The Kier molecular flexibility index (Phi) is 4.70. The summed E-state index contributed by atoms with van der Waals surface area (Å²) in [4.78, 5) is 5.54. The summed E-state index contributed by atoms with van der Waals surface area (Å²) in [6.45, 7) is 0.869. The van der Waals surface area contributed by atoms with Crippen LogP contribution in [0, 0.1) is 0 Å². The molecule has 29 heavy (non-hydrogen) atoms. The highest BCUT2D eigenvalue weighted by atomic mass is 35.5. The minimum absolute atomic E-state index is 0.0247. The number of aromatic nitrogens is 2. The molecule has 0 spiro atoms. The lowest BCUT2D eigenvalue weighted by atomic mass is 10.2. The van der Waals surface area contributed by atoms with Crippen LogP contribution in [0.15, 0.2) is 24.3 Å². The first-order valence-corrected chi connectivity index (χ1v) is 9.40. The molecule has 0 aliphatic carbocycles. The molecule has 1 aliphatic rings. The maximum atomic E-state index is 10.9. The summed E-state index contributed by atoms with van der Waals surface area (Å²) in [6, 6.07) is 6.73. The number of hydrogen-bond donors (Lipinski definition) is 6. The average Bonchev–Trinajstić information content (AvgIpc) is 3.35. The smallest absolute Gasteiger partial charge is 0.287 e. The molecule has 2 heterocycles. The first-order valence-electron chi connectivity index (χ1n) is 9.02. The Labute approximate surface area is 170 Å². The summed E-state index contributed by atoms with van der Waals surface area (Å²) in [5.74, 6) is -6.14. The van der Waals surface area contributed by atoms with Crippen LogP contribution in [0.2, 0.25) is 5.02 Å². The van der Waals surface area contributed by atoms with E-state index < -0.39 is 28.9 Å². The number of phenolic OH excluding ortho intramolecular Hbond substituents is 4. The summed E-state index contributed by atoms with van der Waals surface area (Å²) >= 11 is 5.92. The summed E-state index contributed by atoms with van der Waals surface area (Å²) in [7, 11) is 0. The Bertz CT molecular complexity index is 1070. The SMILES string of the molecule is Oc1c(O)c(O)c2c(nc(C(O)(O)N3CCCC3)n2Cc2ccc(Cl)cc2)c1O. The van der Waals surface area contributed by atoms with Gasteiger partial charge in [-0.1, -0.05) is 23.7 Å². The molecular formula is C19H20ClN3O6. The maximum Gasteiger partial charge on any atom is 0.287 e. The van der Waals surface area contributed by atoms with E-state index in [-0.39, 0.29) is 23.4 Å². The molecule has 1 saturated heterocycles. The van der Waals surface area contributed by atoms with Gasteiger partial charge < -0.3 is 35.2 Å². The molecule has 6 N–H and O–H groups in total. The van der Waals surface area contributed by atoms with Crippen molar-refractivity contribution in [1.82, 2.24) is 14.5 Å². The molecule has 0 unspecified atom stereocenters. The van der Waals surface area contributed by atoms with Gasteiger partial charge in [0, 0.05) is 24.7 Å². The van der Waals surface area contributed by atoms with Crippen LogP contribution in [0.5, 0.6) is 23.0 Å². The lowest BCUT2D eigenvalue weighted by Crippen LogP contribution is -2.46. The van der Waals surface area contributed by atoms with E-state index >= 15 is 0 Å². The second-order valence-corrected chi connectivity index (χ2v) is 7.51. The number of aromatic hydroxyl groups is 4. The number of nitrogens with zero attached hydrogens (tertiary/aromatic N) is 3. The first kappa shape index (κ1) is 19.6. The zero-order valence-corrected chi connectivity index (χ0v) is 16.0. The van der Waals surface area contributed by atoms with Crippen LogP contribution in [-0.2, 0) is 12.5 Å². The van der Waals surface area contributed by atoms with Gasteiger partial charge in [0.15, 0.2) is 17.3 Å². The molecule has 0 atom stereocenters. The van der Waals surface area contributed by atoms with Crippen molar-refractivity contribution in [2.45, 2.75) is 25.3 Å². The molecule has 4 rings (SSSR count). The van der Waals surface area contributed by atoms with Gasteiger partial charge in [0.1, 0.15) is 11.0 Å². The predicted octanol–water partition coefficient (Wildman–Crippen LogP) is 1.75. The third-order valence-corrected chi connectivity index (χ3v) is 5.44. The van der Waals surface area contributed by atoms with Crippen LogP contribution in [0.25, 0.3) is 11.0 Å². The van der Waals surface area contributed by atoms with E-state index in [4.69, 9.17) is 11.6 Å². The highest BCUT2D eigenvalue weighted by molar-refractivity contribution is 6.30. The zero-order valence-electron chi connectivity index (χ0n) is 15.2. The van der Waals surface area contributed by atoms with Crippen molar-refractivity contribution in [1.29, 1.82) is 0 Å². The minimum Gasteiger partial charge on any atom is -0.503 e. The van der Waals surface area contributed by atoms with Crippen molar-refractivity contribution in [2.75, 3.05) is 13.1 Å². The lowest BCUT2D eigenvalue weighted by molar-refractivity contribution is -0.275. The number of hydrogen-bond acceptors (Lipinski definition) is 8. The van der Waals surface area contributed by atoms with Crippen LogP contribution in [0.1, 0.15) is 24.2 Å². The van der Waals surface area contributed by atoms with Gasteiger partial charge in [-0.3, -0.25) is 0 Å². The Morgan fingerprint density at radius 1 is 0.897 bits per heavy atom. The molecule has 0 bridgehead atoms. The summed E-state index contributed by atoms with van der Waals surface area (Å²) in [6.07, 6.45) is 1.55. The molecule has 0 amide bonds. The fraction of sp³-hybridized carbons (Fsp3) is 0.316. The molecule has 1 fully saturated rings. The van der Waals surface area contributed by atoms with Crippen molar-refractivity contribution in [3.63, 3.8) is 0 Å². The van der Waals surface area contributed by atoms with Gasteiger partial charge in [-0.25, -0.2) is 9.88 Å². The number of aliphatic hydroxyl groups is 2. The third-order valence-electron chi connectivity index (χ3n) is 5.19. The van der Waals surface area contributed by atoms with Crippen LogP contribution >= 0.6 is 11.6 Å². The Morgan fingerprint density at radius 2 is 1.48 bits per heavy atom. The van der Waals surface area contributed by atoms with Gasteiger partial charge in [0.2, 0.25) is 11.5 Å². The summed E-state index contributed by atoms with van der Waals surface area (Å²) in [5.41, 5.74) is 0.279. The molecular weight excluding hydrogens is 402 g/mol. The molecule has 2 aromatic carbocycles. The average molecular weight is 422 g/mol. The molecule has 3 aromatic rings. The van der Waals surface area contributed by atoms with Gasteiger partial charge in [0.05, 0.1) is 0 Å². The topological polar surface area (TPSA) is 142 Å². The monoisotopic (exact) mass is 421 g/mol. The van der Waals surface area contributed by atoms with Crippen LogP contribution in [0.4, 0.5) is 0 Å². The van der Waals surface area contributed by atoms with E-state index in [1.807, 2.05) is 0 Å². The van der Waals surface area contributed by atoms with Gasteiger partial charge in [0.25, 0.3) is 5.91 Å². The fourth-order valence-corrected chi connectivity index (χ4v) is 3.79. The normalized spacial score (nSPS) is 15.4. The minimum atomic E-state index is -2.49. The number of benzene rings is 2. The highest BCUT2D eigenvalue weighted by Crippen LogP contribution is 2.49. The number of likely N-dealkylation sites (tertiary alicyclic amines) is 1. The summed E-state index contributed by atoms with van der Waals surface area (Å²) in [5, 5.41) is 62.8. The number of halogens is 1. The van der Waals surface area contributed by atoms with Crippen LogP contribution in [-0.4, -0.2) is 58.2 Å². The first-order chi connectivity index (χ1) is 13.7. The lowest BCUT2D eigenvalue weighted by Gasteiger charge is -2.31. The molecule has 10 heteroatoms. The standard InChI is InChI=1S/C19H20ClN3O6/c20-11-5-3-10(4-6-11)9-23-13-12(14(24)16(26)17(27)15(13)25)21-18(23)19(28,29)22-7-1-2-8-22/h3-6,24-29H,1-2,7-9H2. The van der Waals surface area contributed by atoms with Crippen LogP contribution < -0.4 is 0 Å². The highest BCUT2D eigenvalue weighted by Gasteiger charge is 2.42. The molecule has 0 saturated carbocycles. The predicted molar refractivity (Wildman–Crippen MR) is 104 cm³/mol. The maximum absolute atomic E-state index is 10.9. The van der Waals surface area contributed by atoms with E-state index in [1.54, 1.807) is 24.3 Å². The Balaban J connectivity index is 1.97. The quantitative estimate of drug-likeness (QED) is 0.212. The molecule has 154 valence electrons. The van der Waals surface area contributed by atoms with E-state index in [2.05, 4.69) is 4.98 Å². The number of fused-ring (bicyclic) bond motifs is 1. The largest absolute Gasteiger partial charge is 0.503 e. The van der Waals surface area contributed by atoms with Crippen molar-refractivity contribution >= 4 is 22.6 Å². The number of rotatable bonds is 4. The van der Waals surface area contributed by atoms with E-state index in [1.165, 1.54) is 9.47 Å². The second kappa shape index (κ2) is 6.96. The molecule has 1 aromatic heterocycles. The van der Waals surface area contributed by atoms with Gasteiger partial charge in [-0.2, -0.15) is 0 Å². The molecule has 9 nitrogen and oxygen atoms in total. The zero-order chi connectivity index (χ0) is 20.9. The number of phenols is 4. The van der Waals surface area contributed by atoms with Crippen molar-refractivity contribution in [2.24, 2.45) is 0 Å². The second-order valence-electron chi connectivity index (χ2n) is 7.07. The fourth-order valence-electron chi connectivity index (χ4n) is 3.66. The van der Waals surface area contributed by atoms with Gasteiger partial charge >= 0.3 is 0 Å². The third kappa shape index (κ3) is 3.12. The summed E-state index contributed by atoms with van der Waals surface area (Å²) < 4.78 is 1.28. The Morgan fingerprint density at radius 3 is 2.10 bits per heavy atom. The van der Waals surface area contributed by atoms with Crippen LogP contribution in [0.3, 0.4) is 0 Å². The Hall–Kier alpha value is -2.72. The van der Waals surface area contributed by atoms with E-state index in [0.29, 0.717) is 23.7 Å². The van der Waals surface area contributed by atoms with E-state index in [9.17, 15) is 30.6 Å². The van der Waals surface area contributed by atoms with Gasteiger partial charge in [-0.15, -0.1) is 0 Å². The van der Waals surface area contributed by atoms with Crippen molar-refractivity contribution in [3.05, 3.63) is 40.7 Å².